The molecule has 1 amide bonds. The van der Waals surface area contributed by atoms with Crippen LogP contribution in [0.25, 0.3) is 10.7 Å². The Bertz CT molecular complexity index is 960. The molecule has 0 aliphatic carbocycles. The number of aromatic amines is 1. The second kappa shape index (κ2) is 8.59. The summed E-state index contributed by atoms with van der Waals surface area (Å²) in [6, 6.07) is 6.52. The average Bonchev–Trinajstić information content (AvgIpc) is 3.41. The van der Waals surface area contributed by atoms with Crippen molar-refractivity contribution >= 4 is 46.8 Å². The number of carbonyl (C=O) groups is 2. The fraction of sp³-hybridized carbons (Fsp3) is 0.294. The molecule has 3 rings (SSSR count). The van der Waals surface area contributed by atoms with Gasteiger partial charge in [-0.05, 0) is 42.0 Å². The van der Waals surface area contributed by atoms with E-state index in [1.165, 1.54) is 29.8 Å². The summed E-state index contributed by atoms with van der Waals surface area (Å²) in [6.45, 7) is 1.75. The maximum atomic E-state index is 12.9. The van der Waals surface area contributed by atoms with Gasteiger partial charge < -0.3 is 10.1 Å². The molecule has 142 valence electrons. The van der Waals surface area contributed by atoms with Crippen molar-refractivity contribution < 1.29 is 14.3 Å². The summed E-state index contributed by atoms with van der Waals surface area (Å²) in [6.07, 6.45) is 0.0596. The molecule has 0 fully saturated rings. The standard InChI is InChI=1S/C17H18N4O3S3/c1-10(21-15(19-20-17(21)25)13-6-4-8-27-13)16(23)18-11(9-14(22)24-2)12-5-3-7-26-12/h3-8,10-11H,9H2,1-2H3,(H,18,23)(H,20,25). The van der Waals surface area contributed by atoms with Crippen molar-refractivity contribution in [3.05, 3.63) is 44.7 Å². The van der Waals surface area contributed by atoms with Crippen LogP contribution in [-0.4, -0.2) is 33.8 Å². The molecule has 10 heteroatoms. The van der Waals surface area contributed by atoms with Gasteiger partial charge in [0.25, 0.3) is 0 Å². The predicted molar refractivity (Wildman–Crippen MR) is 107 cm³/mol. The third kappa shape index (κ3) is 4.34. The van der Waals surface area contributed by atoms with Gasteiger partial charge in [-0.15, -0.1) is 22.7 Å². The van der Waals surface area contributed by atoms with Crippen LogP contribution in [0.5, 0.6) is 0 Å². The van der Waals surface area contributed by atoms with Crippen LogP contribution >= 0.6 is 34.9 Å². The maximum absolute atomic E-state index is 12.9. The van der Waals surface area contributed by atoms with Crippen LogP contribution in [0.15, 0.2) is 35.0 Å². The lowest BCUT2D eigenvalue weighted by Gasteiger charge is -2.20. The Morgan fingerprint density at radius 2 is 2.07 bits per heavy atom. The van der Waals surface area contributed by atoms with Gasteiger partial charge in [0.15, 0.2) is 10.6 Å². The lowest BCUT2D eigenvalue weighted by Crippen LogP contribution is -2.35. The Hall–Kier alpha value is -2.30. The molecule has 0 aliphatic heterocycles. The van der Waals surface area contributed by atoms with E-state index in [-0.39, 0.29) is 18.3 Å². The first-order valence-electron chi connectivity index (χ1n) is 8.12. The number of methoxy groups -OCH3 is 1. The molecule has 0 radical (unpaired) electrons. The van der Waals surface area contributed by atoms with Gasteiger partial charge in [-0.25, -0.2) is 0 Å². The fourth-order valence-corrected chi connectivity index (χ4v) is 4.39. The zero-order chi connectivity index (χ0) is 19.4. The number of hydrogen-bond donors (Lipinski definition) is 2. The first kappa shape index (κ1) is 19.5. The van der Waals surface area contributed by atoms with Crippen molar-refractivity contribution in [3.8, 4) is 10.7 Å². The number of hydrogen-bond acceptors (Lipinski definition) is 7. The lowest BCUT2D eigenvalue weighted by molar-refractivity contribution is -0.141. The second-order valence-electron chi connectivity index (χ2n) is 5.73. The Balaban J connectivity index is 1.84. The summed E-state index contributed by atoms with van der Waals surface area (Å²) >= 11 is 8.31. The highest BCUT2D eigenvalue weighted by atomic mass is 32.1. The van der Waals surface area contributed by atoms with E-state index in [1.807, 2.05) is 35.0 Å². The maximum Gasteiger partial charge on any atom is 0.307 e. The molecule has 7 nitrogen and oxygen atoms in total. The van der Waals surface area contributed by atoms with Gasteiger partial charge in [0.1, 0.15) is 6.04 Å². The first-order chi connectivity index (χ1) is 13.0. The monoisotopic (exact) mass is 422 g/mol. The minimum atomic E-state index is -0.603. The summed E-state index contributed by atoms with van der Waals surface area (Å²) in [4.78, 5) is 26.5. The molecule has 2 atom stereocenters. The quantitative estimate of drug-likeness (QED) is 0.448. The van der Waals surface area contributed by atoms with Crippen molar-refractivity contribution in [1.82, 2.24) is 20.1 Å². The van der Waals surface area contributed by atoms with Gasteiger partial charge in [0.2, 0.25) is 5.91 Å². The van der Waals surface area contributed by atoms with Crippen molar-refractivity contribution in [2.75, 3.05) is 7.11 Å². The highest BCUT2D eigenvalue weighted by Gasteiger charge is 2.26. The Labute approximate surface area is 169 Å². The molecule has 3 aromatic heterocycles. The molecule has 2 unspecified atom stereocenters. The molecular weight excluding hydrogens is 404 g/mol. The van der Waals surface area contributed by atoms with Crippen LogP contribution in [-0.2, 0) is 14.3 Å². The van der Waals surface area contributed by atoms with Crippen molar-refractivity contribution in [2.24, 2.45) is 0 Å². The minimum Gasteiger partial charge on any atom is -0.469 e. The summed E-state index contributed by atoms with van der Waals surface area (Å²) in [5, 5.41) is 13.8. The van der Waals surface area contributed by atoms with Crippen LogP contribution in [0.3, 0.4) is 0 Å². The molecule has 27 heavy (non-hydrogen) atoms. The fourth-order valence-electron chi connectivity index (χ4n) is 2.62. The van der Waals surface area contributed by atoms with E-state index in [1.54, 1.807) is 11.5 Å². The van der Waals surface area contributed by atoms with E-state index >= 15 is 0 Å². The zero-order valence-electron chi connectivity index (χ0n) is 14.7. The van der Waals surface area contributed by atoms with Crippen molar-refractivity contribution in [1.29, 1.82) is 0 Å². The van der Waals surface area contributed by atoms with Crippen LogP contribution in [0, 0.1) is 4.77 Å². The molecule has 3 heterocycles. The third-order valence-electron chi connectivity index (χ3n) is 4.01. The molecule has 0 saturated heterocycles. The second-order valence-corrected chi connectivity index (χ2v) is 8.05. The largest absolute Gasteiger partial charge is 0.469 e. The molecule has 0 aliphatic rings. The summed E-state index contributed by atoms with van der Waals surface area (Å²) in [5.74, 6) is -0.0357. The number of aromatic nitrogens is 3. The first-order valence-corrected chi connectivity index (χ1v) is 10.3. The molecule has 0 saturated carbocycles. The van der Waals surface area contributed by atoms with E-state index in [0.29, 0.717) is 10.6 Å². The molecule has 2 N–H and O–H groups in total. The number of thiophene rings is 2. The van der Waals surface area contributed by atoms with E-state index in [4.69, 9.17) is 17.0 Å². The van der Waals surface area contributed by atoms with E-state index in [9.17, 15) is 9.59 Å². The topological polar surface area (TPSA) is 89.0 Å². The third-order valence-corrected chi connectivity index (χ3v) is 6.15. The summed E-state index contributed by atoms with van der Waals surface area (Å²) < 4.78 is 6.80. The smallest absolute Gasteiger partial charge is 0.307 e. The lowest BCUT2D eigenvalue weighted by atomic mass is 10.1. The zero-order valence-corrected chi connectivity index (χ0v) is 17.1. The highest BCUT2D eigenvalue weighted by molar-refractivity contribution is 7.71. The molecule has 0 spiro atoms. The van der Waals surface area contributed by atoms with E-state index in [2.05, 4.69) is 15.5 Å². The van der Waals surface area contributed by atoms with Gasteiger partial charge in [0, 0.05) is 4.88 Å². The van der Waals surface area contributed by atoms with Gasteiger partial charge in [-0.2, -0.15) is 5.10 Å². The molecule has 3 aromatic rings. The molecule has 0 aromatic carbocycles. The number of rotatable bonds is 7. The van der Waals surface area contributed by atoms with Crippen LogP contribution in [0.4, 0.5) is 0 Å². The number of nitrogens with one attached hydrogen (secondary N) is 2. The summed E-state index contributed by atoms with van der Waals surface area (Å²) in [7, 11) is 1.33. The normalized spacial score (nSPS) is 13.1. The number of ether oxygens (including phenoxy) is 1. The number of esters is 1. The molecule has 0 bridgehead atoms. The Kier molecular flexibility index (Phi) is 6.19. The molecular formula is C17H18N4O3S3. The Morgan fingerprint density at radius 3 is 2.70 bits per heavy atom. The number of nitrogens with zero attached hydrogens (tertiary/aromatic N) is 2. The van der Waals surface area contributed by atoms with Gasteiger partial charge in [-0.3, -0.25) is 19.3 Å². The van der Waals surface area contributed by atoms with Crippen LogP contribution < -0.4 is 5.32 Å². The van der Waals surface area contributed by atoms with Crippen LogP contribution in [0.1, 0.15) is 30.3 Å². The highest BCUT2D eigenvalue weighted by Crippen LogP contribution is 2.27. The van der Waals surface area contributed by atoms with Gasteiger partial charge >= 0.3 is 5.97 Å². The van der Waals surface area contributed by atoms with Gasteiger partial charge in [-0.1, -0.05) is 12.1 Å². The number of amides is 1. The van der Waals surface area contributed by atoms with E-state index in [0.717, 1.165) is 9.75 Å². The minimum absolute atomic E-state index is 0.0596. The Morgan fingerprint density at radius 1 is 1.33 bits per heavy atom. The van der Waals surface area contributed by atoms with E-state index < -0.39 is 12.1 Å². The SMILES string of the molecule is COC(=O)CC(NC(=O)C(C)n1c(-c2cccs2)n[nH]c1=S)c1cccs1. The van der Waals surface area contributed by atoms with Gasteiger partial charge in [0.05, 0.1) is 24.4 Å². The summed E-state index contributed by atoms with van der Waals surface area (Å²) in [5.41, 5.74) is 0. The van der Waals surface area contributed by atoms with Crippen LogP contribution in [0.2, 0.25) is 0 Å². The predicted octanol–water partition coefficient (Wildman–Crippen LogP) is 3.71. The van der Waals surface area contributed by atoms with Crippen molar-refractivity contribution in [3.63, 3.8) is 0 Å². The average molecular weight is 423 g/mol. The number of H-pyrrole nitrogens is 1. The number of carbonyl (C=O) groups excluding carboxylic acids is 2. The van der Waals surface area contributed by atoms with Crippen molar-refractivity contribution in [2.45, 2.75) is 25.4 Å².